The van der Waals surface area contributed by atoms with Gasteiger partial charge in [-0.3, -0.25) is 5.10 Å². The number of nitrogens with zero attached hydrogens (tertiary/aromatic N) is 3. The van der Waals surface area contributed by atoms with Crippen LogP contribution in [0.1, 0.15) is 0 Å². The maximum atomic E-state index is 14.0. The van der Waals surface area contributed by atoms with Crippen molar-refractivity contribution < 1.29 is 4.39 Å². The van der Waals surface area contributed by atoms with Crippen molar-refractivity contribution in [2.45, 2.75) is 0 Å². The zero-order valence-electron chi connectivity index (χ0n) is 9.91. The third-order valence-electron chi connectivity index (χ3n) is 2.73. The maximum Gasteiger partial charge on any atom is 0.176 e. The number of anilines is 1. The van der Waals surface area contributed by atoms with Gasteiger partial charge >= 0.3 is 0 Å². The number of nitrogens with one attached hydrogen (secondary N) is 2. The average molecular weight is 278 g/mol. The molecule has 7 heteroatoms. The van der Waals surface area contributed by atoms with Crippen LogP contribution in [0.4, 0.5) is 10.2 Å². The van der Waals surface area contributed by atoms with Crippen molar-refractivity contribution in [2.75, 3.05) is 12.4 Å². The number of hydrogen-bond donors (Lipinski definition) is 2. The van der Waals surface area contributed by atoms with Gasteiger partial charge in [-0.05, 0) is 12.1 Å². The molecule has 0 spiro atoms. The summed E-state index contributed by atoms with van der Waals surface area (Å²) in [5, 5.41) is 9.72. The molecule has 0 unspecified atom stereocenters. The number of halogens is 2. The summed E-state index contributed by atoms with van der Waals surface area (Å²) in [6, 6.07) is 4.75. The number of fused-ring (bicyclic) bond motifs is 1. The first kappa shape index (κ1) is 11.9. The number of rotatable bonds is 2. The molecule has 1 aromatic carbocycles. The summed E-state index contributed by atoms with van der Waals surface area (Å²) < 4.78 is 14.0. The molecule has 0 saturated carbocycles. The molecule has 0 saturated heterocycles. The molecule has 19 heavy (non-hydrogen) atoms. The summed E-state index contributed by atoms with van der Waals surface area (Å²) in [5.74, 6) is 0.0892. The Balaban J connectivity index is 2.23. The zero-order chi connectivity index (χ0) is 13.4. The van der Waals surface area contributed by atoms with Crippen LogP contribution in [-0.2, 0) is 0 Å². The largest absolute Gasteiger partial charge is 0.372 e. The summed E-state index contributed by atoms with van der Waals surface area (Å²) in [4.78, 5) is 8.48. The molecule has 0 aliphatic carbocycles. The van der Waals surface area contributed by atoms with Crippen molar-refractivity contribution in [3.63, 3.8) is 0 Å². The molecule has 0 fully saturated rings. The van der Waals surface area contributed by atoms with Crippen molar-refractivity contribution in [1.29, 1.82) is 0 Å². The standard InChI is InChI=1S/C12H9ClFN5/c1-15-8-5-16-11-10(18-19-12(11)17-8)6-3-2-4-7(13)9(6)14/h2-5H,1H3,(H2,15,17,18,19). The average Bonchev–Trinajstić information content (AvgIpc) is 2.84. The van der Waals surface area contributed by atoms with E-state index >= 15 is 0 Å². The van der Waals surface area contributed by atoms with E-state index in [1.807, 2.05) is 0 Å². The smallest absolute Gasteiger partial charge is 0.176 e. The van der Waals surface area contributed by atoms with Gasteiger partial charge < -0.3 is 5.32 Å². The fourth-order valence-electron chi connectivity index (χ4n) is 1.80. The third kappa shape index (κ3) is 1.90. The van der Waals surface area contributed by atoms with Gasteiger partial charge in [-0.15, -0.1) is 0 Å². The Labute approximate surface area is 112 Å². The van der Waals surface area contributed by atoms with Crippen LogP contribution >= 0.6 is 11.6 Å². The highest BCUT2D eigenvalue weighted by Crippen LogP contribution is 2.29. The molecule has 2 aromatic heterocycles. The zero-order valence-corrected chi connectivity index (χ0v) is 10.7. The second-order valence-corrected chi connectivity index (χ2v) is 4.28. The van der Waals surface area contributed by atoms with Crippen LogP contribution in [0, 0.1) is 5.82 Å². The molecular formula is C12H9ClFN5. The second kappa shape index (κ2) is 4.47. The quantitative estimate of drug-likeness (QED) is 0.756. The van der Waals surface area contributed by atoms with Crippen molar-refractivity contribution in [1.82, 2.24) is 20.2 Å². The highest BCUT2D eigenvalue weighted by atomic mass is 35.5. The van der Waals surface area contributed by atoms with Crippen LogP contribution in [0.25, 0.3) is 22.4 Å². The number of hydrogen-bond acceptors (Lipinski definition) is 4. The highest BCUT2D eigenvalue weighted by Gasteiger charge is 2.16. The van der Waals surface area contributed by atoms with Crippen molar-refractivity contribution >= 4 is 28.6 Å². The lowest BCUT2D eigenvalue weighted by Crippen LogP contribution is -1.93. The lowest BCUT2D eigenvalue weighted by atomic mass is 10.1. The van der Waals surface area contributed by atoms with Gasteiger partial charge in [-0.25, -0.2) is 14.4 Å². The van der Waals surface area contributed by atoms with Gasteiger partial charge in [0.25, 0.3) is 0 Å². The molecule has 0 bridgehead atoms. The molecule has 2 N–H and O–H groups in total. The monoisotopic (exact) mass is 277 g/mol. The first-order chi connectivity index (χ1) is 9.20. The minimum Gasteiger partial charge on any atom is -0.372 e. The van der Waals surface area contributed by atoms with Crippen LogP contribution in [0.15, 0.2) is 24.4 Å². The van der Waals surface area contributed by atoms with Crippen LogP contribution in [0.2, 0.25) is 5.02 Å². The lowest BCUT2D eigenvalue weighted by molar-refractivity contribution is 0.631. The topological polar surface area (TPSA) is 66.5 Å². The molecule has 3 rings (SSSR count). The van der Waals surface area contributed by atoms with E-state index in [1.54, 1.807) is 25.4 Å². The fourth-order valence-corrected chi connectivity index (χ4v) is 1.97. The lowest BCUT2D eigenvalue weighted by Gasteiger charge is -2.01. The summed E-state index contributed by atoms with van der Waals surface area (Å²) in [5.41, 5.74) is 1.68. The molecule has 3 aromatic rings. The molecule has 0 amide bonds. The Morgan fingerprint density at radius 3 is 3.00 bits per heavy atom. The second-order valence-electron chi connectivity index (χ2n) is 3.88. The number of H-pyrrole nitrogens is 1. The van der Waals surface area contributed by atoms with Gasteiger partial charge in [-0.2, -0.15) is 5.10 Å². The van der Waals surface area contributed by atoms with Crippen molar-refractivity contribution in [3.8, 4) is 11.3 Å². The summed E-state index contributed by atoms with van der Waals surface area (Å²) in [6.45, 7) is 0. The number of aromatic amines is 1. The third-order valence-corrected chi connectivity index (χ3v) is 3.03. The summed E-state index contributed by atoms with van der Waals surface area (Å²) in [6.07, 6.45) is 1.56. The highest BCUT2D eigenvalue weighted by molar-refractivity contribution is 6.31. The SMILES string of the molecule is CNc1cnc2c(-c3cccc(Cl)c3F)n[nH]c2n1. The van der Waals surface area contributed by atoms with Crippen LogP contribution < -0.4 is 5.32 Å². The Morgan fingerprint density at radius 1 is 1.37 bits per heavy atom. The van der Waals surface area contributed by atoms with Gasteiger partial charge in [0.05, 0.1) is 11.2 Å². The minimum absolute atomic E-state index is 0.0495. The van der Waals surface area contributed by atoms with Crippen molar-refractivity contribution in [2.24, 2.45) is 0 Å². The van der Waals surface area contributed by atoms with Gasteiger partial charge in [0, 0.05) is 12.6 Å². The molecule has 2 heterocycles. The molecular weight excluding hydrogens is 269 g/mol. The number of benzene rings is 1. The predicted octanol–water partition coefficient (Wildman–Crippen LogP) is 2.85. The van der Waals surface area contributed by atoms with E-state index in [-0.39, 0.29) is 5.02 Å². The van der Waals surface area contributed by atoms with E-state index < -0.39 is 5.82 Å². The Kier molecular flexibility index (Phi) is 2.79. The normalized spacial score (nSPS) is 10.9. The van der Waals surface area contributed by atoms with Crippen LogP contribution in [-0.4, -0.2) is 27.2 Å². The fraction of sp³-hybridized carbons (Fsp3) is 0.0833. The Bertz CT molecular complexity index is 755. The van der Waals surface area contributed by atoms with E-state index in [4.69, 9.17) is 11.6 Å². The minimum atomic E-state index is -0.517. The van der Waals surface area contributed by atoms with Gasteiger partial charge in [0.2, 0.25) is 0 Å². The molecule has 96 valence electrons. The summed E-state index contributed by atoms with van der Waals surface area (Å²) in [7, 11) is 1.74. The van der Waals surface area contributed by atoms with E-state index in [0.29, 0.717) is 28.2 Å². The number of aromatic nitrogens is 4. The van der Waals surface area contributed by atoms with Gasteiger partial charge in [0.15, 0.2) is 11.5 Å². The predicted molar refractivity (Wildman–Crippen MR) is 71.6 cm³/mol. The first-order valence-corrected chi connectivity index (χ1v) is 5.91. The van der Waals surface area contributed by atoms with Crippen LogP contribution in [0.5, 0.6) is 0 Å². The Morgan fingerprint density at radius 2 is 2.21 bits per heavy atom. The summed E-state index contributed by atoms with van der Waals surface area (Å²) >= 11 is 5.77. The molecule has 0 aliphatic heterocycles. The Hall–Kier alpha value is -2.21. The molecule has 5 nitrogen and oxygen atoms in total. The van der Waals surface area contributed by atoms with E-state index in [9.17, 15) is 4.39 Å². The van der Waals surface area contributed by atoms with E-state index in [1.165, 1.54) is 6.07 Å². The van der Waals surface area contributed by atoms with Gasteiger partial charge in [0.1, 0.15) is 17.0 Å². The maximum absolute atomic E-state index is 14.0. The van der Waals surface area contributed by atoms with Gasteiger partial charge in [-0.1, -0.05) is 17.7 Å². The molecule has 0 atom stereocenters. The van der Waals surface area contributed by atoms with E-state index in [0.717, 1.165) is 0 Å². The van der Waals surface area contributed by atoms with E-state index in [2.05, 4.69) is 25.5 Å². The molecule has 0 radical (unpaired) electrons. The first-order valence-electron chi connectivity index (χ1n) is 5.54. The molecule has 0 aliphatic rings. The van der Waals surface area contributed by atoms with Crippen molar-refractivity contribution in [3.05, 3.63) is 35.2 Å². The van der Waals surface area contributed by atoms with Crippen LogP contribution in [0.3, 0.4) is 0 Å².